The smallest absolute Gasteiger partial charge is 0.416 e. The Morgan fingerprint density at radius 1 is 1.23 bits per heavy atom. The average molecular weight is 439 g/mol. The molecule has 1 aromatic heterocycles. The van der Waals surface area contributed by atoms with Crippen molar-refractivity contribution in [2.45, 2.75) is 6.18 Å². The number of hydrogen-bond donors (Lipinski definition) is 1. The van der Waals surface area contributed by atoms with Gasteiger partial charge in [-0.3, -0.25) is 10.2 Å². The van der Waals surface area contributed by atoms with E-state index < -0.39 is 23.6 Å². The molecule has 0 radical (unpaired) electrons. The van der Waals surface area contributed by atoms with Crippen molar-refractivity contribution >= 4 is 28.2 Å². The largest absolute Gasteiger partial charge is 0.490 e. The number of halogens is 4. The molecule has 0 aliphatic carbocycles. The summed E-state index contributed by atoms with van der Waals surface area (Å²) in [5, 5.41) is 3.12. The summed E-state index contributed by atoms with van der Waals surface area (Å²) in [4.78, 5) is 17.9. The van der Waals surface area contributed by atoms with Crippen LogP contribution in [0.2, 0.25) is 0 Å². The molecule has 2 heterocycles. The minimum atomic E-state index is -4.51. The third-order valence-electron chi connectivity index (χ3n) is 4.11. The molecule has 0 saturated carbocycles. The summed E-state index contributed by atoms with van der Waals surface area (Å²) in [7, 11) is 0. The van der Waals surface area contributed by atoms with E-state index in [-0.39, 0.29) is 35.5 Å². The van der Waals surface area contributed by atoms with E-state index in [1.165, 1.54) is 35.4 Å². The normalized spacial score (nSPS) is 13.4. The van der Waals surface area contributed by atoms with Crippen LogP contribution >= 0.6 is 11.3 Å². The van der Waals surface area contributed by atoms with Crippen molar-refractivity contribution < 1.29 is 31.8 Å². The van der Waals surface area contributed by atoms with Gasteiger partial charge in [0.05, 0.1) is 24.0 Å². The molecule has 0 unspecified atom stereocenters. The molecule has 4 rings (SSSR count). The van der Waals surface area contributed by atoms with Gasteiger partial charge >= 0.3 is 12.2 Å². The summed E-state index contributed by atoms with van der Waals surface area (Å²) < 4.78 is 62.7. The van der Waals surface area contributed by atoms with Crippen LogP contribution in [0.15, 0.2) is 48.7 Å². The molecule has 11 heteroatoms. The predicted molar refractivity (Wildman–Crippen MR) is 102 cm³/mol. The Balaban J connectivity index is 1.47. The first kappa shape index (κ1) is 20.0. The first-order valence-corrected chi connectivity index (χ1v) is 9.43. The van der Waals surface area contributed by atoms with Gasteiger partial charge in [-0.2, -0.15) is 13.2 Å². The van der Waals surface area contributed by atoms with Crippen molar-refractivity contribution in [2.75, 3.05) is 23.4 Å². The molecule has 0 saturated heterocycles. The highest BCUT2D eigenvalue weighted by atomic mass is 32.1. The number of rotatable bonds is 3. The number of thiazole rings is 1. The quantitative estimate of drug-likeness (QED) is 0.546. The van der Waals surface area contributed by atoms with Gasteiger partial charge in [0.15, 0.2) is 5.13 Å². The lowest BCUT2D eigenvalue weighted by Crippen LogP contribution is -2.40. The second-order valence-corrected chi connectivity index (χ2v) is 7.15. The summed E-state index contributed by atoms with van der Waals surface area (Å²) in [5.74, 6) is -0.204. The number of hydrogen-bond acceptors (Lipinski definition) is 5. The van der Waals surface area contributed by atoms with E-state index in [1.807, 2.05) is 0 Å². The molecule has 156 valence electrons. The maximum absolute atomic E-state index is 13.2. The Hall–Kier alpha value is -3.34. The van der Waals surface area contributed by atoms with E-state index in [1.54, 1.807) is 6.07 Å². The minimum absolute atomic E-state index is 0.0273. The zero-order valence-electron chi connectivity index (χ0n) is 15.1. The molecule has 2 amide bonds. The van der Waals surface area contributed by atoms with Crippen LogP contribution in [0.5, 0.6) is 16.6 Å². The number of alkyl halides is 3. The molecule has 2 aromatic carbocycles. The van der Waals surface area contributed by atoms with E-state index in [2.05, 4.69) is 10.3 Å². The molecule has 3 aromatic rings. The minimum Gasteiger partial charge on any atom is -0.490 e. The Labute approximate surface area is 171 Å². The SMILES string of the molecule is O=C(Nc1ncc(Oc2cccc(F)c2)s1)N1CCOc2cc(C(F)(F)F)ccc21. The highest BCUT2D eigenvalue weighted by molar-refractivity contribution is 7.17. The van der Waals surface area contributed by atoms with Crippen molar-refractivity contribution in [1.82, 2.24) is 4.98 Å². The van der Waals surface area contributed by atoms with Gasteiger partial charge in [-0.05, 0) is 30.3 Å². The summed E-state index contributed by atoms with van der Waals surface area (Å²) in [5.41, 5.74) is -0.637. The Morgan fingerprint density at radius 2 is 2.07 bits per heavy atom. The van der Waals surface area contributed by atoms with Crippen molar-refractivity contribution in [2.24, 2.45) is 0 Å². The van der Waals surface area contributed by atoms with Gasteiger partial charge in [0.1, 0.15) is 23.9 Å². The standard InChI is InChI=1S/C19H13F4N3O3S/c20-12-2-1-3-13(9-12)29-16-10-24-17(30-16)25-18(27)26-6-7-28-15-8-11(19(21,22)23)4-5-14(15)26/h1-5,8-10H,6-7H2,(H,24,25,27). The van der Waals surface area contributed by atoms with Crippen molar-refractivity contribution in [3.63, 3.8) is 0 Å². The van der Waals surface area contributed by atoms with Gasteiger partial charge in [0, 0.05) is 6.07 Å². The number of benzene rings is 2. The topological polar surface area (TPSA) is 63.7 Å². The molecule has 1 N–H and O–H groups in total. The molecule has 1 aliphatic rings. The van der Waals surface area contributed by atoms with Crippen LogP contribution in [0.25, 0.3) is 0 Å². The highest BCUT2D eigenvalue weighted by Gasteiger charge is 2.33. The van der Waals surface area contributed by atoms with E-state index in [4.69, 9.17) is 9.47 Å². The predicted octanol–water partition coefficient (Wildman–Crippen LogP) is 5.52. The fraction of sp³-hybridized carbons (Fsp3) is 0.158. The van der Waals surface area contributed by atoms with Crippen molar-refractivity contribution in [3.05, 3.63) is 60.0 Å². The summed E-state index contributed by atoms with van der Waals surface area (Å²) in [6.45, 7) is 0.204. The first-order valence-electron chi connectivity index (χ1n) is 8.61. The number of fused-ring (bicyclic) bond motifs is 1. The lowest BCUT2D eigenvalue weighted by atomic mass is 10.1. The van der Waals surface area contributed by atoms with Gasteiger partial charge in [0.25, 0.3) is 0 Å². The van der Waals surface area contributed by atoms with Crippen LogP contribution in [0, 0.1) is 5.82 Å². The number of nitrogens with zero attached hydrogens (tertiary/aromatic N) is 2. The number of aromatic nitrogens is 1. The molecule has 0 atom stereocenters. The lowest BCUT2D eigenvalue weighted by Gasteiger charge is -2.29. The van der Waals surface area contributed by atoms with Crippen molar-refractivity contribution in [3.8, 4) is 16.6 Å². The van der Waals surface area contributed by atoms with Crippen LogP contribution in [0.4, 0.5) is 33.2 Å². The fourth-order valence-electron chi connectivity index (χ4n) is 2.78. The van der Waals surface area contributed by atoms with Crippen LogP contribution in [-0.4, -0.2) is 24.2 Å². The maximum Gasteiger partial charge on any atom is 0.416 e. The van der Waals surface area contributed by atoms with Crippen LogP contribution in [-0.2, 0) is 6.18 Å². The van der Waals surface area contributed by atoms with Gasteiger partial charge in [-0.15, -0.1) is 0 Å². The summed E-state index contributed by atoms with van der Waals surface area (Å²) in [6, 6.07) is 7.92. The Bertz CT molecular complexity index is 1090. The van der Waals surface area contributed by atoms with E-state index >= 15 is 0 Å². The average Bonchev–Trinajstić information content (AvgIpc) is 3.13. The van der Waals surface area contributed by atoms with Gasteiger partial charge in [-0.1, -0.05) is 17.4 Å². The Kier molecular flexibility index (Phi) is 5.20. The molecule has 0 fully saturated rings. The van der Waals surface area contributed by atoms with E-state index in [0.717, 1.165) is 23.5 Å². The monoisotopic (exact) mass is 439 g/mol. The molecule has 30 heavy (non-hydrogen) atoms. The second kappa shape index (κ2) is 7.82. The third-order valence-corrected chi connectivity index (χ3v) is 4.90. The summed E-state index contributed by atoms with van der Waals surface area (Å²) in [6.07, 6.45) is -3.14. The van der Waals surface area contributed by atoms with Crippen LogP contribution in [0.3, 0.4) is 0 Å². The molecular weight excluding hydrogens is 426 g/mol. The molecule has 0 bridgehead atoms. The van der Waals surface area contributed by atoms with Crippen molar-refractivity contribution in [1.29, 1.82) is 0 Å². The van der Waals surface area contributed by atoms with Crippen LogP contribution < -0.4 is 19.7 Å². The molecule has 6 nitrogen and oxygen atoms in total. The summed E-state index contributed by atoms with van der Waals surface area (Å²) >= 11 is 1.02. The number of anilines is 2. The maximum atomic E-state index is 13.2. The van der Waals surface area contributed by atoms with Gasteiger partial charge < -0.3 is 9.47 Å². The first-order chi connectivity index (χ1) is 14.3. The Morgan fingerprint density at radius 3 is 2.83 bits per heavy atom. The number of carbonyl (C=O) groups is 1. The molecule has 0 spiro atoms. The number of amides is 2. The zero-order valence-corrected chi connectivity index (χ0v) is 15.9. The van der Waals surface area contributed by atoms with E-state index in [0.29, 0.717) is 5.06 Å². The van der Waals surface area contributed by atoms with E-state index in [9.17, 15) is 22.4 Å². The number of nitrogens with one attached hydrogen (secondary N) is 1. The number of ether oxygens (including phenoxy) is 2. The number of carbonyl (C=O) groups excluding carboxylic acids is 1. The second-order valence-electron chi connectivity index (χ2n) is 6.15. The zero-order chi connectivity index (χ0) is 21.3. The van der Waals surface area contributed by atoms with Gasteiger partial charge in [-0.25, -0.2) is 14.2 Å². The lowest BCUT2D eigenvalue weighted by molar-refractivity contribution is -0.137. The van der Waals surface area contributed by atoms with Gasteiger partial charge in [0.2, 0.25) is 5.06 Å². The number of urea groups is 1. The van der Waals surface area contributed by atoms with Crippen LogP contribution in [0.1, 0.15) is 5.56 Å². The molecular formula is C19H13F4N3O3S. The fourth-order valence-corrected chi connectivity index (χ4v) is 3.45. The molecule has 1 aliphatic heterocycles. The third kappa shape index (κ3) is 4.30. The highest BCUT2D eigenvalue weighted by Crippen LogP contribution is 2.38.